The molecule has 0 heterocycles. The SMILES string of the molecule is O=C(CC1CCCCC1)NCCCOCCO. The summed E-state index contributed by atoms with van der Waals surface area (Å²) in [5, 5.41) is 11.4. The van der Waals surface area contributed by atoms with Gasteiger partial charge in [-0.15, -0.1) is 0 Å². The van der Waals surface area contributed by atoms with Gasteiger partial charge >= 0.3 is 0 Å². The summed E-state index contributed by atoms with van der Waals surface area (Å²) in [4.78, 5) is 11.6. The van der Waals surface area contributed by atoms with Gasteiger partial charge in [-0.25, -0.2) is 0 Å². The highest BCUT2D eigenvalue weighted by Crippen LogP contribution is 2.25. The van der Waals surface area contributed by atoms with E-state index < -0.39 is 0 Å². The molecule has 4 nitrogen and oxygen atoms in total. The first-order valence-corrected chi connectivity index (χ1v) is 6.78. The topological polar surface area (TPSA) is 58.6 Å². The minimum atomic E-state index is 0.0635. The summed E-state index contributed by atoms with van der Waals surface area (Å²) < 4.78 is 5.11. The molecule has 0 spiro atoms. The Balaban J connectivity index is 1.93. The maximum Gasteiger partial charge on any atom is 0.220 e. The van der Waals surface area contributed by atoms with Crippen molar-refractivity contribution >= 4 is 5.91 Å². The minimum Gasteiger partial charge on any atom is -0.394 e. The van der Waals surface area contributed by atoms with Gasteiger partial charge in [0, 0.05) is 19.6 Å². The van der Waals surface area contributed by atoms with E-state index in [0.717, 1.165) is 6.42 Å². The molecule has 0 atom stereocenters. The van der Waals surface area contributed by atoms with Crippen LogP contribution in [0, 0.1) is 5.92 Å². The Hall–Kier alpha value is -0.610. The fourth-order valence-corrected chi connectivity index (χ4v) is 2.29. The van der Waals surface area contributed by atoms with Crippen LogP contribution in [0.3, 0.4) is 0 Å². The molecule has 2 N–H and O–H groups in total. The lowest BCUT2D eigenvalue weighted by Crippen LogP contribution is -2.27. The highest BCUT2D eigenvalue weighted by molar-refractivity contribution is 5.76. The zero-order chi connectivity index (χ0) is 12.3. The van der Waals surface area contributed by atoms with E-state index in [1.165, 1.54) is 32.1 Å². The molecule has 0 saturated heterocycles. The van der Waals surface area contributed by atoms with Crippen LogP contribution in [-0.4, -0.2) is 37.4 Å². The summed E-state index contributed by atoms with van der Waals surface area (Å²) in [5.74, 6) is 0.786. The number of hydrogen-bond acceptors (Lipinski definition) is 3. The Morgan fingerprint density at radius 1 is 1.24 bits per heavy atom. The normalized spacial score (nSPS) is 17.0. The molecule has 17 heavy (non-hydrogen) atoms. The van der Waals surface area contributed by atoms with Crippen molar-refractivity contribution in [2.45, 2.75) is 44.9 Å². The van der Waals surface area contributed by atoms with Crippen molar-refractivity contribution in [3.63, 3.8) is 0 Å². The molecule has 0 bridgehead atoms. The summed E-state index contributed by atoms with van der Waals surface area (Å²) in [5.41, 5.74) is 0. The number of ether oxygens (including phenoxy) is 1. The van der Waals surface area contributed by atoms with Gasteiger partial charge in [0.05, 0.1) is 13.2 Å². The lowest BCUT2D eigenvalue weighted by molar-refractivity contribution is -0.122. The van der Waals surface area contributed by atoms with Crippen LogP contribution >= 0.6 is 0 Å². The summed E-state index contributed by atoms with van der Waals surface area (Å²) in [7, 11) is 0. The van der Waals surface area contributed by atoms with Crippen LogP contribution in [0.2, 0.25) is 0 Å². The van der Waals surface area contributed by atoms with Crippen molar-refractivity contribution in [1.29, 1.82) is 0 Å². The van der Waals surface area contributed by atoms with Gasteiger partial charge in [0.25, 0.3) is 0 Å². The quantitative estimate of drug-likeness (QED) is 0.635. The van der Waals surface area contributed by atoms with Gasteiger partial charge in [-0.2, -0.15) is 0 Å². The molecular weight excluding hydrogens is 218 g/mol. The molecule has 100 valence electrons. The number of aliphatic hydroxyl groups is 1. The summed E-state index contributed by atoms with van der Waals surface area (Å²) >= 11 is 0. The maximum atomic E-state index is 11.6. The fourth-order valence-electron chi connectivity index (χ4n) is 2.29. The second kappa shape index (κ2) is 9.42. The van der Waals surface area contributed by atoms with Gasteiger partial charge in [-0.1, -0.05) is 19.3 Å². The molecule has 1 rings (SSSR count). The molecule has 4 heteroatoms. The number of carbonyl (C=O) groups is 1. The van der Waals surface area contributed by atoms with E-state index in [2.05, 4.69) is 5.32 Å². The van der Waals surface area contributed by atoms with Crippen molar-refractivity contribution in [2.75, 3.05) is 26.4 Å². The highest BCUT2D eigenvalue weighted by Gasteiger charge is 2.16. The first-order chi connectivity index (χ1) is 8.33. The van der Waals surface area contributed by atoms with Crippen LogP contribution < -0.4 is 5.32 Å². The summed E-state index contributed by atoms with van der Waals surface area (Å²) in [6.07, 6.45) is 7.84. The Morgan fingerprint density at radius 2 is 2.00 bits per heavy atom. The first-order valence-electron chi connectivity index (χ1n) is 6.78. The Kier molecular flexibility index (Phi) is 8.01. The van der Waals surface area contributed by atoms with E-state index in [9.17, 15) is 4.79 Å². The lowest BCUT2D eigenvalue weighted by Gasteiger charge is -2.20. The largest absolute Gasteiger partial charge is 0.394 e. The first kappa shape index (κ1) is 14.5. The highest BCUT2D eigenvalue weighted by atomic mass is 16.5. The molecule has 0 aromatic carbocycles. The Bertz CT molecular complexity index is 203. The minimum absolute atomic E-state index is 0.0635. The van der Waals surface area contributed by atoms with Crippen LogP contribution in [0.25, 0.3) is 0 Å². The van der Waals surface area contributed by atoms with E-state index in [0.29, 0.717) is 32.1 Å². The molecule has 1 fully saturated rings. The van der Waals surface area contributed by atoms with Crippen molar-refractivity contribution in [3.8, 4) is 0 Å². The van der Waals surface area contributed by atoms with Gasteiger partial charge in [0.1, 0.15) is 0 Å². The summed E-state index contributed by atoms with van der Waals surface area (Å²) in [6, 6.07) is 0. The fraction of sp³-hybridized carbons (Fsp3) is 0.923. The van der Waals surface area contributed by atoms with Gasteiger partial charge in [-0.3, -0.25) is 4.79 Å². The van der Waals surface area contributed by atoms with E-state index in [1.807, 2.05) is 0 Å². The standard InChI is InChI=1S/C13H25NO3/c15-8-10-17-9-4-7-14-13(16)11-12-5-2-1-3-6-12/h12,15H,1-11H2,(H,14,16). The molecular formula is C13H25NO3. The molecule has 0 aliphatic heterocycles. The number of nitrogens with one attached hydrogen (secondary N) is 1. The number of amides is 1. The molecule has 1 aliphatic carbocycles. The van der Waals surface area contributed by atoms with Crippen molar-refractivity contribution < 1.29 is 14.6 Å². The maximum absolute atomic E-state index is 11.6. The number of hydrogen-bond donors (Lipinski definition) is 2. The average molecular weight is 243 g/mol. The third-order valence-electron chi connectivity index (χ3n) is 3.22. The molecule has 1 saturated carbocycles. The van der Waals surface area contributed by atoms with Gasteiger partial charge in [0.2, 0.25) is 5.91 Å². The summed E-state index contributed by atoms with van der Waals surface area (Å²) in [6.45, 7) is 1.73. The average Bonchev–Trinajstić information content (AvgIpc) is 2.35. The van der Waals surface area contributed by atoms with Gasteiger partial charge in [0.15, 0.2) is 0 Å². The molecule has 0 unspecified atom stereocenters. The second-order valence-corrected chi connectivity index (χ2v) is 4.75. The van der Waals surface area contributed by atoms with Crippen LogP contribution in [-0.2, 0) is 9.53 Å². The number of rotatable bonds is 8. The Labute approximate surface area is 104 Å². The van der Waals surface area contributed by atoms with Crippen molar-refractivity contribution in [3.05, 3.63) is 0 Å². The van der Waals surface area contributed by atoms with Crippen molar-refractivity contribution in [2.24, 2.45) is 5.92 Å². The third-order valence-corrected chi connectivity index (χ3v) is 3.22. The zero-order valence-corrected chi connectivity index (χ0v) is 10.6. The van der Waals surface area contributed by atoms with E-state index in [1.54, 1.807) is 0 Å². The molecule has 0 radical (unpaired) electrons. The van der Waals surface area contributed by atoms with Crippen LogP contribution in [0.5, 0.6) is 0 Å². The molecule has 1 amide bonds. The predicted molar refractivity (Wildman–Crippen MR) is 66.7 cm³/mol. The third kappa shape index (κ3) is 7.34. The van der Waals surface area contributed by atoms with Crippen molar-refractivity contribution in [1.82, 2.24) is 5.32 Å². The van der Waals surface area contributed by atoms with E-state index >= 15 is 0 Å². The van der Waals surface area contributed by atoms with E-state index in [-0.39, 0.29) is 12.5 Å². The second-order valence-electron chi connectivity index (χ2n) is 4.75. The molecule has 0 aromatic heterocycles. The van der Waals surface area contributed by atoms with Crippen LogP contribution in [0.15, 0.2) is 0 Å². The number of carbonyl (C=O) groups excluding carboxylic acids is 1. The van der Waals surface area contributed by atoms with Crippen LogP contribution in [0.1, 0.15) is 44.9 Å². The smallest absolute Gasteiger partial charge is 0.220 e. The van der Waals surface area contributed by atoms with Crippen LogP contribution in [0.4, 0.5) is 0 Å². The predicted octanol–water partition coefficient (Wildman–Crippen LogP) is 1.47. The lowest BCUT2D eigenvalue weighted by atomic mass is 9.87. The monoisotopic (exact) mass is 243 g/mol. The number of aliphatic hydroxyl groups excluding tert-OH is 1. The zero-order valence-electron chi connectivity index (χ0n) is 10.6. The molecule has 0 aromatic rings. The Morgan fingerprint density at radius 3 is 2.71 bits per heavy atom. The van der Waals surface area contributed by atoms with Gasteiger partial charge < -0.3 is 15.2 Å². The van der Waals surface area contributed by atoms with E-state index in [4.69, 9.17) is 9.84 Å². The van der Waals surface area contributed by atoms with Gasteiger partial charge in [-0.05, 0) is 25.2 Å². The molecule has 1 aliphatic rings.